The molecule has 0 saturated carbocycles. The Morgan fingerprint density at radius 1 is 1.62 bits per heavy atom. The van der Waals surface area contributed by atoms with Crippen LogP contribution >= 0.6 is 0 Å². The number of esters is 1. The van der Waals surface area contributed by atoms with Gasteiger partial charge in [0.2, 0.25) is 0 Å². The van der Waals surface area contributed by atoms with E-state index < -0.39 is 6.04 Å². The Morgan fingerprint density at radius 3 is 3.29 bits per heavy atom. The number of hydrogen-bond acceptors (Lipinski definition) is 7. The average molecular weight is 293 g/mol. The van der Waals surface area contributed by atoms with Gasteiger partial charge in [0.25, 0.3) is 11.3 Å². The van der Waals surface area contributed by atoms with E-state index in [1.807, 2.05) is 4.90 Å². The molecular formula is C12H15N5O4. The number of ether oxygens (including phenoxy) is 2. The number of morpholine rings is 1. The van der Waals surface area contributed by atoms with Crippen LogP contribution in [0.3, 0.4) is 0 Å². The van der Waals surface area contributed by atoms with Gasteiger partial charge in [0.05, 0.1) is 26.0 Å². The molecule has 0 amide bonds. The highest BCUT2D eigenvalue weighted by atomic mass is 16.5. The van der Waals surface area contributed by atoms with E-state index in [-0.39, 0.29) is 18.1 Å². The number of carbonyl (C=O) groups excluding carboxylic acids is 1. The van der Waals surface area contributed by atoms with Crippen molar-refractivity contribution in [1.82, 2.24) is 24.5 Å². The lowest BCUT2D eigenvalue weighted by atomic mass is 10.2. The lowest BCUT2D eigenvalue weighted by Gasteiger charge is -2.33. The van der Waals surface area contributed by atoms with E-state index in [1.165, 1.54) is 24.0 Å². The van der Waals surface area contributed by atoms with Crippen LogP contribution in [0.1, 0.15) is 5.69 Å². The van der Waals surface area contributed by atoms with Crippen LogP contribution in [0.4, 0.5) is 0 Å². The van der Waals surface area contributed by atoms with E-state index in [2.05, 4.69) is 15.1 Å². The van der Waals surface area contributed by atoms with Crippen molar-refractivity contribution in [2.24, 2.45) is 0 Å². The summed E-state index contributed by atoms with van der Waals surface area (Å²) in [6.07, 6.45) is 1.40. The molecule has 9 heteroatoms. The standard InChI is InChI=1S/C12H15N5O4/c1-20-11(19)9-6-21-3-2-16(9)5-8-4-10(18)17-12(15-8)13-7-14-17/h4,7,9H,2-3,5-6H2,1H3,(H,13,14,15). The first kappa shape index (κ1) is 13.7. The van der Waals surface area contributed by atoms with Gasteiger partial charge < -0.3 is 9.47 Å². The summed E-state index contributed by atoms with van der Waals surface area (Å²) < 4.78 is 11.3. The molecule has 2 aromatic heterocycles. The average Bonchev–Trinajstić information content (AvgIpc) is 2.96. The Labute approximate surface area is 119 Å². The van der Waals surface area contributed by atoms with Crippen molar-refractivity contribution in [1.29, 1.82) is 0 Å². The molecule has 2 aromatic rings. The van der Waals surface area contributed by atoms with Gasteiger partial charge >= 0.3 is 5.97 Å². The fourth-order valence-electron chi connectivity index (χ4n) is 2.34. The molecule has 1 atom stereocenters. The normalized spacial score (nSPS) is 19.8. The largest absolute Gasteiger partial charge is 0.468 e. The van der Waals surface area contributed by atoms with Crippen LogP contribution < -0.4 is 5.56 Å². The van der Waals surface area contributed by atoms with Gasteiger partial charge in [-0.15, -0.1) is 0 Å². The van der Waals surface area contributed by atoms with E-state index in [9.17, 15) is 9.59 Å². The summed E-state index contributed by atoms with van der Waals surface area (Å²) in [4.78, 5) is 33.8. The zero-order valence-corrected chi connectivity index (χ0v) is 11.5. The van der Waals surface area contributed by atoms with Gasteiger partial charge in [-0.1, -0.05) is 0 Å². The second-order valence-corrected chi connectivity index (χ2v) is 4.69. The second kappa shape index (κ2) is 5.62. The number of methoxy groups -OCH3 is 1. The Bertz CT molecular complexity index is 709. The number of aromatic amines is 1. The van der Waals surface area contributed by atoms with Gasteiger partial charge in [-0.05, 0) is 0 Å². The lowest BCUT2D eigenvalue weighted by molar-refractivity contribution is -0.153. The minimum absolute atomic E-state index is 0.240. The SMILES string of the molecule is COC(=O)C1COCCN1Cc1cc(=O)n2[nH]cnc2n1. The van der Waals surface area contributed by atoms with E-state index in [4.69, 9.17) is 9.47 Å². The summed E-state index contributed by atoms with van der Waals surface area (Å²) in [5.41, 5.74) is 0.318. The molecule has 1 aliphatic rings. The zero-order chi connectivity index (χ0) is 14.8. The zero-order valence-electron chi connectivity index (χ0n) is 11.5. The summed E-state index contributed by atoms with van der Waals surface area (Å²) in [6, 6.07) is 0.942. The van der Waals surface area contributed by atoms with Crippen molar-refractivity contribution >= 4 is 11.7 Å². The number of rotatable bonds is 3. The van der Waals surface area contributed by atoms with Crippen LogP contribution in [0.2, 0.25) is 0 Å². The van der Waals surface area contributed by atoms with Crippen molar-refractivity contribution in [3.8, 4) is 0 Å². The van der Waals surface area contributed by atoms with Crippen LogP contribution in [0, 0.1) is 0 Å². The Hall–Kier alpha value is -2.26. The predicted octanol–water partition coefficient (Wildman–Crippen LogP) is -1.21. The highest BCUT2D eigenvalue weighted by Crippen LogP contribution is 2.12. The van der Waals surface area contributed by atoms with Gasteiger partial charge in [-0.25, -0.2) is 9.97 Å². The predicted molar refractivity (Wildman–Crippen MR) is 70.6 cm³/mol. The molecule has 0 aliphatic carbocycles. The van der Waals surface area contributed by atoms with E-state index in [0.29, 0.717) is 31.2 Å². The number of carbonyl (C=O) groups is 1. The summed E-state index contributed by atoms with van der Waals surface area (Å²) in [6.45, 7) is 1.73. The molecular weight excluding hydrogens is 278 g/mol. The number of nitrogens with zero attached hydrogens (tertiary/aromatic N) is 4. The molecule has 3 heterocycles. The third-order valence-electron chi connectivity index (χ3n) is 3.40. The lowest BCUT2D eigenvalue weighted by Crippen LogP contribution is -2.50. The summed E-state index contributed by atoms with van der Waals surface area (Å²) in [7, 11) is 1.34. The highest BCUT2D eigenvalue weighted by Gasteiger charge is 2.30. The minimum Gasteiger partial charge on any atom is -0.468 e. The first-order chi connectivity index (χ1) is 10.2. The fourth-order valence-corrected chi connectivity index (χ4v) is 2.34. The first-order valence-corrected chi connectivity index (χ1v) is 6.50. The Morgan fingerprint density at radius 2 is 2.48 bits per heavy atom. The molecule has 0 bridgehead atoms. The van der Waals surface area contributed by atoms with Gasteiger partial charge in [-0.3, -0.25) is 19.6 Å². The van der Waals surface area contributed by atoms with Crippen LogP contribution in [0.25, 0.3) is 5.78 Å². The monoisotopic (exact) mass is 293 g/mol. The van der Waals surface area contributed by atoms with Crippen LogP contribution in [-0.2, 0) is 20.8 Å². The quantitative estimate of drug-likeness (QED) is 0.708. The maximum Gasteiger partial charge on any atom is 0.325 e. The van der Waals surface area contributed by atoms with Crippen molar-refractivity contribution in [3.05, 3.63) is 28.4 Å². The number of nitrogens with one attached hydrogen (secondary N) is 1. The fraction of sp³-hybridized carbons (Fsp3) is 0.500. The summed E-state index contributed by atoms with van der Waals surface area (Å²) in [5.74, 6) is -0.0485. The van der Waals surface area contributed by atoms with E-state index in [1.54, 1.807) is 0 Å². The first-order valence-electron chi connectivity index (χ1n) is 6.50. The van der Waals surface area contributed by atoms with Crippen molar-refractivity contribution in [2.45, 2.75) is 12.6 Å². The molecule has 1 N–H and O–H groups in total. The maximum absolute atomic E-state index is 11.9. The molecule has 9 nitrogen and oxygen atoms in total. The van der Waals surface area contributed by atoms with Crippen LogP contribution in [0.15, 0.2) is 17.2 Å². The second-order valence-electron chi connectivity index (χ2n) is 4.69. The molecule has 1 aliphatic heterocycles. The van der Waals surface area contributed by atoms with Crippen molar-refractivity contribution < 1.29 is 14.3 Å². The number of fused-ring (bicyclic) bond motifs is 1. The molecule has 1 fully saturated rings. The van der Waals surface area contributed by atoms with E-state index in [0.717, 1.165) is 0 Å². The molecule has 0 aromatic carbocycles. The van der Waals surface area contributed by atoms with E-state index >= 15 is 0 Å². The van der Waals surface area contributed by atoms with Gasteiger partial charge in [0.1, 0.15) is 12.4 Å². The smallest absolute Gasteiger partial charge is 0.325 e. The topological polar surface area (TPSA) is 102 Å². The summed E-state index contributed by atoms with van der Waals surface area (Å²) in [5, 5.41) is 2.68. The third kappa shape index (κ3) is 2.65. The molecule has 1 unspecified atom stereocenters. The Kier molecular flexibility index (Phi) is 3.67. The van der Waals surface area contributed by atoms with Crippen LogP contribution in [0.5, 0.6) is 0 Å². The van der Waals surface area contributed by atoms with Crippen molar-refractivity contribution in [2.75, 3.05) is 26.9 Å². The maximum atomic E-state index is 11.9. The van der Waals surface area contributed by atoms with Gasteiger partial charge in [0.15, 0.2) is 0 Å². The number of hydrogen-bond donors (Lipinski definition) is 1. The summed E-state index contributed by atoms with van der Waals surface area (Å²) >= 11 is 0. The minimum atomic E-state index is -0.483. The molecule has 112 valence electrons. The molecule has 1 saturated heterocycles. The molecule has 21 heavy (non-hydrogen) atoms. The molecule has 0 radical (unpaired) electrons. The van der Waals surface area contributed by atoms with Crippen LogP contribution in [-0.4, -0.2) is 63.4 Å². The Balaban J connectivity index is 1.85. The van der Waals surface area contributed by atoms with Gasteiger partial charge in [0, 0.05) is 19.2 Å². The number of aromatic nitrogens is 4. The highest BCUT2D eigenvalue weighted by molar-refractivity contribution is 5.75. The molecule has 3 rings (SSSR count). The third-order valence-corrected chi connectivity index (χ3v) is 3.40. The number of H-pyrrole nitrogens is 1. The van der Waals surface area contributed by atoms with Crippen molar-refractivity contribution in [3.63, 3.8) is 0 Å². The van der Waals surface area contributed by atoms with Gasteiger partial charge in [-0.2, -0.15) is 4.52 Å². The molecule has 0 spiro atoms.